The number of benzene rings is 1. The second-order valence-corrected chi connectivity index (χ2v) is 6.63. The first kappa shape index (κ1) is 19.5. The van der Waals surface area contributed by atoms with Gasteiger partial charge in [-0.15, -0.1) is 0 Å². The van der Waals surface area contributed by atoms with Gasteiger partial charge in [-0.25, -0.2) is 0 Å². The fraction of sp³-hybridized carbons (Fsp3) is 0.421. The number of hydrogen-bond donors (Lipinski definition) is 1. The number of hydrogen-bond acceptors (Lipinski definition) is 4. The van der Waals surface area contributed by atoms with Crippen LogP contribution in [0.25, 0.3) is 0 Å². The van der Waals surface area contributed by atoms with Crippen LogP contribution in [0.5, 0.6) is 5.75 Å². The second-order valence-electron chi connectivity index (χ2n) is 5.71. The van der Waals surface area contributed by atoms with Crippen molar-refractivity contribution in [1.82, 2.24) is 10.2 Å². The minimum atomic E-state index is -0.574. The van der Waals surface area contributed by atoms with Gasteiger partial charge in [0, 0.05) is 11.0 Å². The maximum absolute atomic E-state index is 12.4. The largest absolute Gasteiger partial charge is 0.481 e. The van der Waals surface area contributed by atoms with Crippen molar-refractivity contribution in [3.8, 4) is 5.75 Å². The minimum absolute atomic E-state index is 0.00818. The highest BCUT2D eigenvalue weighted by atomic mass is 79.9. The quantitative estimate of drug-likeness (QED) is 0.680. The van der Waals surface area contributed by atoms with Crippen molar-refractivity contribution in [3.05, 3.63) is 52.9 Å². The van der Waals surface area contributed by atoms with E-state index in [1.807, 2.05) is 36.4 Å². The van der Waals surface area contributed by atoms with Crippen molar-refractivity contribution in [2.24, 2.45) is 0 Å². The Morgan fingerprint density at radius 2 is 1.92 bits per heavy atom. The molecule has 0 saturated carbocycles. The number of halogens is 1. The van der Waals surface area contributed by atoms with Crippen LogP contribution in [0.4, 0.5) is 0 Å². The maximum Gasteiger partial charge on any atom is 0.260 e. The number of carbonyl (C=O) groups excluding carboxylic acids is 1. The van der Waals surface area contributed by atoms with Gasteiger partial charge in [0.15, 0.2) is 6.10 Å². The summed E-state index contributed by atoms with van der Waals surface area (Å²) in [6.07, 6.45) is 1.09. The fourth-order valence-corrected chi connectivity index (χ4v) is 2.93. The molecule has 0 radical (unpaired) electrons. The van der Waals surface area contributed by atoms with Gasteiger partial charge in [0.25, 0.3) is 5.91 Å². The Hall–Kier alpha value is -1.79. The summed E-state index contributed by atoms with van der Waals surface area (Å²) in [4.78, 5) is 14.6. The van der Waals surface area contributed by atoms with Crippen LogP contribution in [0.1, 0.15) is 32.6 Å². The highest BCUT2D eigenvalue weighted by molar-refractivity contribution is 9.10. The van der Waals surface area contributed by atoms with E-state index in [1.54, 1.807) is 13.2 Å². The summed E-state index contributed by atoms with van der Waals surface area (Å²) in [5, 5.41) is 2.98. The zero-order valence-corrected chi connectivity index (χ0v) is 16.5. The van der Waals surface area contributed by atoms with Gasteiger partial charge in [0.1, 0.15) is 11.5 Å². The maximum atomic E-state index is 12.4. The number of nitrogens with one attached hydrogen (secondary N) is 1. The first-order valence-corrected chi connectivity index (χ1v) is 9.31. The van der Waals surface area contributed by atoms with Gasteiger partial charge in [0.2, 0.25) is 0 Å². The molecule has 1 N–H and O–H groups in total. The van der Waals surface area contributed by atoms with Crippen LogP contribution < -0.4 is 10.1 Å². The molecule has 2 atom stereocenters. The monoisotopic (exact) mass is 408 g/mol. The number of nitrogens with zero attached hydrogens (tertiary/aromatic N) is 1. The summed E-state index contributed by atoms with van der Waals surface area (Å²) in [7, 11) is 0. The summed E-state index contributed by atoms with van der Waals surface area (Å²) in [5.74, 6) is 1.37. The van der Waals surface area contributed by atoms with Crippen LogP contribution in [-0.2, 0) is 4.79 Å². The Morgan fingerprint density at radius 3 is 2.48 bits per heavy atom. The molecule has 1 aromatic carbocycles. The van der Waals surface area contributed by atoms with Crippen molar-refractivity contribution in [2.75, 3.05) is 19.6 Å². The van der Waals surface area contributed by atoms with Gasteiger partial charge >= 0.3 is 0 Å². The zero-order valence-electron chi connectivity index (χ0n) is 14.9. The summed E-state index contributed by atoms with van der Waals surface area (Å²) in [6, 6.07) is 11.2. The smallest absolute Gasteiger partial charge is 0.260 e. The average Bonchev–Trinajstić information content (AvgIpc) is 3.14. The van der Waals surface area contributed by atoms with E-state index < -0.39 is 6.10 Å². The number of amides is 1. The van der Waals surface area contributed by atoms with Crippen LogP contribution in [0, 0.1) is 0 Å². The molecule has 0 aliphatic heterocycles. The Morgan fingerprint density at radius 1 is 1.24 bits per heavy atom. The molecule has 2 unspecified atom stereocenters. The highest BCUT2D eigenvalue weighted by Gasteiger charge is 2.23. The van der Waals surface area contributed by atoms with E-state index >= 15 is 0 Å². The third-order valence-electron chi connectivity index (χ3n) is 4.09. The van der Waals surface area contributed by atoms with Crippen molar-refractivity contribution >= 4 is 21.8 Å². The fourth-order valence-electron chi connectivity index (χ4n) is 2.67. The summed E-state index contributed by atoms with van der Waals surface area (Å²) < 4.78 is 12.2. The van der Waals surface area contributed by atoms with Crippen LogP contribution in [0.2, 0.25) is 0 Å². The van der Waals surface area contributed by atoms with E-state index in [-0.39, 0.29) is 11.9 Å². The average molecular weight is 409 g/mol. The van der Waals surface area contributed by atoms with Crippen molar-refractivity contribution in [1.29, 1.82) is 0 Å². The van der Waals surface area contributed by atoms with E-state index in [1.165, 1.54) is 0 Å². The minimum Gasteiger partial charge on any atom is -0.481 e. The van der Waals surface area contributed by atoms with E-state index in [9.17, 15) is 4.79 Å². The molecule has 1 heterocycles. The summed E-state index contributed by atoms with van der Waals surface area (Å²) in [6.45, 7) is 8.17. The topological polar surface area (TPSA) is 54.7 Å². The first-order valence-electron chi connectivity index (χ1n) is 8.52. The van der Waals surface area contributed by atoms with Crippen molar-refractivity contribution in [3.63, 3.8) is 0 Å². The van der Waals surface area contributed by atoms with Crippen LogP contribution in [0.15, 0.2) is 51.6 Å². The lowest BCUT2D eigenvalue weighted by Gasteiger charge is -2.28. The van der Waals surface area contributed by atoms with Crippen LogP contribution >= 0.6 is 15.9 Å². The number of furan rings is 1. The SMILES string of the molecule is CCN(CC)C(CNC(=O)C(C)Oc1ccc(Br)cc1)c1ccco1. The Balaban J connectivity index is 1.94. The van der Waals surface area contributed by atoms with Gasteiger partial charge in [-0.2, -0.15) is 0 Å². The lowest BCUT2D eigenvalue weighted by atomic mass is 10.1. The number of carbonyl (C=O) groups is 1. The standard InChI is InChI=1S/C19H25BrN2O3/c1-4-22(5-2)17(18-7-6-12-24-18)13-21-19(23)14(3)25-16-10-8-15(20)9-11-16/h6-12,14,17H,4-5,13H2,1-3H3,(H,21,23). The van der Waals surface area contributed by atoms with Crippen LogP contribution in [0.3, 0.4) is 0 Å². The second kappa shape index (κ2) is 9.63. The van der Waals surface area contributed by atoms with E-state index in [0.717, 1.165) is 23.3 Å². The Labute approximate surface area is 157 Å². The van der Waals surface area contributed by atoms with E-state index in [4.69, 9.17) is 9.15 Å². The predicted molar refractivity (Wildman–Crippen MR) is 102 cm³/mol. The van der Waals surface area contributed by atoms with Crippen LogP contribution in [-0.4, -0.2) is 36.5 Å². The predicted octanol–water partition coefficient (Wildman–Crippen LogP) is 4.01. The molecule has 5 nitrogen and oxygen atoms in total. The number of ether oxygens (including phenoxy) is 1. The molecule has 1 aromatic heterocycles. The molecule has 2 rings (SSSR count). The lowest BCUT2D eigenvalue weighted by molar-refractivity contribution is -0.127. The van der Waals surface area contributed by atoms with Gasteiger partial charge in [-0.1, -0.05) is 29.8 Å². The first-order chi connectivity index (χ1) is 12.0. The van der Waals surface area contributed by atoms with Gasteiger partial charge in [0.05, 0.1) is 12.3 Å². The molecule has 0 aliphatic carbocycles. The van der Waals surface area contributed by atoms with Gasteiger partial charge < -0.3 is 14.5 Å². The third kappa shape index (κ3) is 5.61. The molecule has 25 heavy (non-hydrogen) atoms. The molecule has 0 spiro atoms. The molecule has 6 heteroatoms. The number of likely N-dealkylation sites (N-methyl/N-ethyl adjacent to an activating group) is 1. The summed E-state index contributed by atoms with van der Waals surface area (Å²) >= 11 is 3.38. The van der Waals surface area contributed by atoms with Crippen molar-refractivity contribution < 1.29 is 13.9 Å². The molecule has 136 valence electrons. The molecule has 0 saturated heterocycles. The molecule has 1 amide bonds. The zero-order chi connectivity index (χ0) is 18.2. The van der Waals surface area contributed by atoms with Gasteiger partial charge in [-0.3, -0.25) is 9.69 Å². The van der Waals surface area contributed by atoms with Gasteiger partial charge in [-0.05, 0) is 56.4 Å². The Bertz CT molecular complexity index is 639. The normalized spacial score (nSPS) is 13.5. The lowest BCUT2D eigenvalue weighted by Crippen LogP contribution is -2.42. The van der Waals surface area contributed by atoms with E-state index in [0.29, 0.717) is 12.3 Å². The highest BCUT2D eigenvalue weighted by Crippen LogP contribution is 2.21. The summed E-state index contributed by atoms with van der Waals surface area (Å²) in [5.41, 5.74) is 0. The molecule has 0 aliphatic rings. The molecule has 0 fully saturated rings. The molecule has 0 bridgehead atoms. The Kier molecular flexibility index (Phi) is 7.52. The number of rotatable bonds is 9. The molecule has 2 aromatic rings. The van der Waals surface area contributed by atoms with E-state index in [2.05, 4.69) is 40.0 Å². The third-order valence-corrected chi connectivity index (χ3v) is 4.62. The molecular formula is C19H25BrN2O3. The molecular weight excluding hydrogens is 384 g/mol. The van der Waals surface area contributed by atoms with Crippen molar-refractivity contribution in [2.45, 2.75) is 32.9 Å².